The minimum atomic E-state index is 0.184. The molecule has 0 aliphatic carbocycles. The largest absolute Gasteiger partial charge is 0.0827 e. The molecule has 0 aliphatic rings. The highest BCUT2D eigenvalue weighted by Crippen LogP contribution is 2.32. The molecule has 0 aliphatic heterocycles. The van der Waals surface area contributed by atoms with E-state index in [2.05, 4.69) is 26.8 Å². The number of halogens is 2. The Kier molecular flexibility index (Phi) is 3.86. The Morgan fingerprint density at radius 1 is 1.14 bits per heavy atom. The molecule has 0 atom stereocenters. The van der Waals surface area contributed by atoms with Crippen LogP contribution in [0.4, 0.5) is 0 Å². The summed E-state index contributed by atoms with van der Waals surface area (Å²) in [7, 11) is 0. The lowest BCUT2D eigenvalue weighted by Crippen LogP contribution is -2.16. The van der Waals surface area contributed by atoms with Gasteiger partial charge in [0.05, 0.1) is 10.0 Å². The third-order valence-corrected chi connectivity index (χ3v) is 3.32. The van der Waals surface area contributed by atoms with Crippen molar-refractivity contribution in [3.63, 3.8) is 0 Å². The molecule has 0 radical (unpaired) electrons. The molecular formula is C12H16Cl2. The van der Waals surface area contributed by atoms with Gasteiger partial charge in [-0.25, -0.2) is 0 Å². The van der Waals surface area contributed by atoms with Crippen molar-refractivity contribution in [2.45, 2.75) is 39.0 Å². The highest BCUT2D eigenvalue weighted by Gasteiger charge is 2.19. The van der Waals surface area contributed by atoms with Crippen LogP contribution in [0.25, 0.3) is 0 Å². The van der Waals surface area contributed by atoms with E-state index in [9.17, 15) is 0 Å². The van der Waals surface area contributed by atoms with Crippen molar-refractivity contribution < 1.29 is 0 Å². The normalized spacial score (nSPS) is 11.8. The molecule has 0 saturated carbocycles. The van der Waals surface area contributed by atoms with Gasteiger partial charge in [-0.2, -0.15) is 0 Å². The van der Waals surface area contributed by atoms with Gasteiger partial charge < -0.3 is 0 Å². The molecule has 1 aromatic carbocycles. The zero-order chi connectivity index (χ0) is 10.8. The van der Waals surface area contributed by atoms with Crippen LogP contribution in [-0.2, 0) is 5.41 Å². The van der Waals surface area contributed by atoms with Gasteiger partial charge in [0, 0.05) is 0 Å². The molecular weight excluding hydrogens is 215 g/mol. The maximum absolute atomic E-state index is 5.99. The second-order valence-corrected chi connectivity index (χ2v) is 5.08. The van der Waals surface area contributed by atoms with Crippen LogP contribution in [-0.4, -0.2) is 0 Å². The predicted molar refractivity (Wildman–Crippen MR) is 64.4 cm³/mol. The average Bonchev–Trinajstić information content (AvgIpc) is 2.09. The molecule has 0 amide bonds. The monoisotopic (exact) mass is 230 g/mol. The van der Waals surface area contributed by atoms with Gasteiger partial charge in [0.25, 0.3) is 0 Å². The van der Waals surface area contributed by atoms with Crippen LogP contribution in [0.1, 0.15) is 39.2 Å². The maximum atomic E-state index is 5.99. The van der Waals surface area contributed by atoms with Gasteiger partial charge in [-0.15, -0.1) is 0 Å². The van der Waals surface area contributed by atoms with Crippen molar-refractivity contribution in [1.82, 2.24) is 0 Å². The van der Waals surface area contributed by atoms with Gasteiger partial charge in [-0.3, -0.25) is 0 Å². The molecule has 1 rings (SSSR count). The Morgan fingerprint density at radius 2 is 1.79 bits per heavy atom. The first-order valence-corrected chi connectivity index (χ1v) is 5.68. The van der Waals surface area contributed by atoms with E-state index in [1.54, 1.807) is 0 Å². The fraction of sp³-hybridized carbons (Fsp3) is 0.500. The van der Waals surface area contributed by atoms with Crippen molar-refractivity contribution in [2.24, 2.45) is 0 Å². The minimum Gasteiger partial charge on any atom is -0.0827 e. The summed E-state index contributed by atoms with van der Waals surface area (Å²) in [6.07, 6.45) is 2.33. The van der Waals surface area contributed by atoms with Crippen molar-refractivity contribution >= 4 is 23.2 Å². The number of hydrogen-bond donors (Lipinski definition) is 0. The highest BCUT2D eigenvalue weighted by atomic mass is 35.5. The fourth-order valence-corrected chi connectivity index (χ4v) is 1.98. The van der Waals surface area contributed by atoms with Crippen molar-refractivity contribution in [1.29, 1.82) is 0 Å². The number of hydrogen-bond acceptors (Lipinski definition) is 0. The topological polar surface area (TPSA) is 0 Å². The first kappa shape index (κ1) is 11.9. The molecule has 1 aromatic rings. The van der Waals surface area contributed by atoms with E-state index in [-0.39, 0.29) is 5.41 Å². The van der Waals surface area contributed by atoms with Crippen LogP contribution >= 0.6 is 23.2 Å². The molecule has 0 spiro atoms. The SMILES string of the molecule is CCCC(C)(C)c1ccc(Cl)c(Cl)c1. The molecule has 78 valence electrons. The molecule has 14 heavy (non-hydrogen) atoms. The standard InChI is InChI=1S/C12H16Cl2/c1-4-7-12(2,3)9-5-6-10(13)11(14)8-9/h5-6,8H,4,7H2,1-3H3. The summed E-state index contributed by atoms with van der Waals surface area (Å²) in [4.78, 5) is 0. The van der Waals surface area contributed by atoms with E-state index in [1.165, 1.54) is 12.0 Å². The Bertz CT molecular complexity index is 316. The summed E-state index contributed by atoms with van der Waals surface area (Å²) in [5, 5.41) is 1.27. The lowest BCUT2D eigenvalue weighted by molar-refractivity contribution is 0.473. The third-order valence-electron chi connectivity index (χ3n) is 2.58. The van der Waals surface area contributed by atoms with Gasteiger partial charge in [0.1, 0.15) is 0 Å². The third kappa shape index (κ3) is 2.65. The summed E-state index contributed by atoms with van der Waals surface area (Å²) < 4.78 is 0. The van der Waals surface area contributed by atoms with Crippen molar-refractivity contribution in [3.05, 3.63) is 33.8 Å². The summed E-state index contributed by atoms with van der Waals surface area (Å²) in [5.74, 6) is 0. The van der Waals surface area contributed by atoms with Gasteiger partial charge >= 0.3 is 0 Å². The van der Waals surface area contributed by atoms with Crippen molar-refractivity contribution in [3.8, 4) is 0 Å². The van der Waals surface area contributed by atoms with Crippen LogP contribution in [0, 0.1) is 0 Å². The van der Waals surface area contributed by atoms with E-state index in [0.717, 1.165) is 6.42 Å². The zero-order valence-corrected chi connectivity index (χ0v) is 10.4. The summed E-state index contributed by atoms with van der Waals surface area (Å²) in [5.41, 5.74) is 1.44. The molecule has 2 heteroatoms. The van der Waals surface area contributed by atoms with Crippen LogP contribution in [0.5, 0.6) is 0 Å². The van der Waals surface area contributed by atoms with Gasteiger partial charge in [-0.1, -0.05) is 56.5 Å². The van der Waals surface area contributed by atoms with E-state index < -0.39 is 0 Å². The second-order valence-electron chi connectivity index (χ2n) is 4.26. The van der Waals surface area contributed by atoms with Crippen molar-refractivity contribution in [2.75, 3.05) is 0 Å². The molecule has 0 nitrogen and oxygen atoms in total. The molecule has 0 bridgehead atoms. The molecule has 0 unspecified atom stereocenters. The van der Waals surface area contributed by atoms with E-state index in [1.807, 2.05) is 12.1 Å². The lowest BCUT2D eigenvalue weighted by Gasteiger charge is -2.25. The molecule has 0 heterocycles. The van der Waals surface area contributed by atoms with E-state index >= 15 is 0 Å². The Morgan fingerprint density at radius 3 is 2.29 bits per heavy atom. The molecule has 0 N–H and O–H groups in total. The first-order valence-electron chi connectivity index (χ1n) is 4.93. The lowest BCUT2D eigenvalue weighted by atomic mass is 9.81. The van der Waals surface area contributed by atoms with Crippen LogP contribution in [0.2, 0.25) is 10.0 Å². The van der Waals surface area contributed by atoms with Crippen LogP contribution in [0.3, 0.4) is 0 Å². The summed E-state index contributed by atoms with van der Waals surface area (Å²) in [6, 6.07) is 5.90. The number of rotatable bonds is 3. The second kappa shape index (κ2) is 4.55. The number of benzene rings is 1. The first-order chi connectivity index (χ1) is 6.47. The molecule has 0 aromatic heterocycles. The van der Waals surface area contributed by atoms with E-state index in [4.69, 9.17) is 23.2 Å². The average molecular weight is 231 g/mol. The smallest absolute Gasteiger partial charge is 0.0595 e. The van der Waals surface area contributed by atoms with E-state index in [0.29, 0.717) is 10.0 Å². The van der Waals surface area contributed by atoms with Gasteiger partial charge in [-0.05, 0) is 29.5 Å². The zero-order valence-electron chi connectivity index (χ0n) is 8.90. The Hall–Kier alpha value is -0.200. The summed E-state index contributed by atoms with van der Waals surface area (Å²) >= 11 is 11.9. The highest BCUT2D eigenvalue weighted by molar-refractivity contribution is 6.42. The predicted octanol–water partition coefficient (Wildman–Crippen LogP) is 5.07. The quantitative estimate of drug-likeness (QED) is 0.681. The van der Waals surface area contributed by atoms with Crippen LogP contribution in [0.15, 0.2) is 18.2 Å². The molecule has 0 saturated heterocycles. The van der Waals surface area contributed by atoms with Crippen LogP contribution < -0.4 is 0 Å². The van der Waals surface area contributed by atoms with Gasteiger partial charge in [0.15, 0.2) is 0 Å². The minimum absolute atomic E-state index is 0.184. The summed E-state index contributed by atoms with van der Waals surface area (Å²) in [6.45, 7) is 6.66. The fourth-order valence-electron chi connectivity index (χ4n) is 1.69. The Balaban J connectivity index is 3.01. The maximum Gasteiger partial charge on any atom is 0.0595 e. The van der Waals surface area contributed by atoms with Gasteiger partial charge in [0.2, 0.25) is 0 Å². The molecule has 0 fully saturated rings. The Labute approximate surface area is 96.2 Å².